The number of hydrogen-bond acceptors (Lipinski definition) is 5. The number of fused-ring (bicyclic) bond motifs is 2. The summed E-state index contributed by atoms with van der Waals surface area (Å²) in [6.45, 7) is 2.02. The van der Waals surface area contributed by atoms with E-state index in [-0.39, 0.29) is 11.9 Å². The molecule has 7 heteroatoms. The highest BCUT2D eigenvalue weighted by Crippen LogP contribution is 2.50. The third-order valence-corrected chi connectivity index (χ3v) is 6.85. The number of carbonyl (C=O) groups is 1. The van der Waals surface area contributed by atoms with Crippen molar-refractivity contribution in [2.45, 2.75) is 30.9 Å². The van der Waals surface area contributed by atoms with E-state index in [1.54, 1.807) is 14.2 Å². The number of benzene rings is 3. The van der Waals surface area contributed by atoms with Gasteiger partial charge in [-0.15, -0.1) is 0 Å². The zero-order chi connectivity index (χ0) is 24.1. The highest BCUT2D eigenvalue weighted by Gasteiger charge is 2.56. The molecule has 2 aliphatic heterocycles. The fraction of sp³-hybridized carbons (Fsp3) is 0.259. The van der Waals surface area contributed by atoms with Crippen LogP contribution in [0.3, 0.4) is 0 Å². The number of nitrogens with two attached hydrogens (primary N) is 1. The molecule has 174 valence electrons. The van der Waals surface area contributed by atoms with E-state index in [2.05, 4.69) is 0 Å². The van der Waals surface area contributed by atoms with Crippen LogP contribution in [0.1, 0.15) is 24.5 Å². The Hall–Kier alpha value is -3.51. The molecule has 1 unspecified atom stereocenters. The van der Waals surface area contributed by atoms with Crippen LogP contribution in [0.2, 0.25) is 5.02 Å². The maximum Gasteiger partial charge on any atom is 0.261 e. The van der Waals surface area contributed by atoms with E-state index in [0.717, 1.165) is 28.0 Å². The molecule has 0 saturated carbocycles. The highest BCUT2D eigenvalue weighted by molar-refractivity contribution is 6.30. The van der Waals surface area contributed by atoms with Crippen LogP contribution < -0.4 is 15.2 Å². The van der Waals surface area contributed by atoms with Crippen molar-refractivity contribution in [2.75, 3.05) is 14.2 Å². The molecular formula is C27H26ClN3O3. The number of hydrogen-bond donors (Lipinski definition) is 1. The Morgan fingerprint density at radius 3 is 2.50 bits per heavy atom. The fourth-order valence-corrected chi connectivity index (χ4v) is 5.18. The first-order valence-electron chi connectivity index (χ1n) is 11.1. The Labute approximate surface area is 204 Å². The van der Waals surface area contributed by atoms with Crippen LogP contribution in [0.25, 0.3) is 11.1 Å². The highest BCUT2D eigenvalue weighted by atomic mass is 35.5. The number of likely N-dealkylation sites (N-methyl/N-ethyl adjacent to an activating group) is 1. The van der Waals surface area contributed by atoms with E-state index in [9.17, 15) is 4.79 Å². The van der Waals surface area contributed by atoms with Crippen LogP contribution in [-0.2, 0) is 16.8 Å². The predicted octanol–water partition coefficient (Wildman–Crippen LogP) is 4.78. The summed E-state index contributed by atoms with van der Waals surface area (Å²) >= 11 is 6.22. The zero-order valence-corrected chi connectivity index (χ0v) is 20.1. The van der Waals surface area contributed by atoms with Crippen molar-refractivity contribution < 1.29 is 14.3 Å². The minimum absolute atomic E-state index is 0.154. The molecule has 0 radical (unpaired) electrons. The summed E-state index contributed by atoms with van der Waals surface area (Å²) in [7, 11) is 3.30. The molecule has 34 heavy (non-hydrogen) atoms. The minimum Gasteiger partial charge on any atom is -0.497 e. The standard InChI is InChI=1S/C27H26ClN3O3/c1-26(15-17-7-10-21(33-3)11-8-17)16-27(24(32)31(2)25(29)30-27)22-14-19(9-12-23(22)34-26)18-5-4-6-20(28)13-18/h4-14H,15-16H2,1-3H3,(H2,29,30)/t26-,27?/m1/s1. The summed E-state index contributed by atoms with van der Waals surface area (Å²) in [5.41, 5.74) is 8.00. The van der Waals surface area contributed by atoms with Crippen molar-refractivity contribution >= 4 is 23.5 Å². The molecule has 2 heterocycles. The number of ether oxygens (including phenoxy) is 2. The quantitative estimate of drug-likeness (QED) is 0.589. The molecule has 0 aliphatic carbocycles. The van der Waals surface area contributed by atoms with Gasteiger partial charge in [-0.3, -0.25) is 9.69 Å². The van der Waals surface area contributed by atoms with Crippen LogP contribution >= 0.6 is 11.6 Å². The number of guanidine groups is 1. The first-order chi connectivity index (χ1) is 16.2. The largest absolute Gasteiger partial charge is 0.497 e. The van der Waals surface area contributed by atoms with Gasteiger partial charge in [-0.25, -0.2) is 4.99 Å². The molecule has 1 amide bonds. The predicted molar refractivity (Wildman–Crippen MR) is 133 cm³/mol. The Kier molecular flexibility index (Phi) is 5.29. The molecule has 0 saturated heterocycles. The molecule has 1 spiro atoms. The molecule has 5 rings (SSSR count). The van der Waals surface area contributed by atoms with Gasteiger partial charge in [0.2, 0.25) is 0 Å². The van der Waals surface area contributed by atoms with Crippen LogP contribution in [0.5, 0.6) is 11.5 Å². The Morgan fingerprint density at radius 1 is 1.12 bits per heavy atom. The lowest BCUT2D eigenvalue weighted by atomic mass is 9.74. The van der Waals surface area contributed by atoms with Crippen molar-refractivity contribution in [1.82, 2.24) is 4.90 Å². The molecule has 2 atom stereocenters. The monoisotopic (exact) mass is 475 g/mol. The van der Waals surface area contributed by atoms with Gasteiger partial charge >= 0.3 is 0 Å². The van der Waals surface area contributed by atoms with Crippen LogP contribution in [-0.4, -0.2) is 36.5 Å². The maximum atomic E-state index is 13.6. The van der Waals surface area contributed by atoms with Crippen molar-refractivity contribution in [3.05, 3.63) is 82.9 Å². The fourth-order valence-electron chi connectivity index (χ4n) is 4.99. The van der Waals surface area contributed by atoms with E-state index in [1.807, 2.05) is 73.7 Å². The molecule has 0 fully saturated rings. The van der Waals surface area contributed by atoms with Crippen LogP contribution in [0.4, 0.5) is 0 Å². The molecule has 0 bridgehead atoms. The number of amides is 1. The smallest absolute Gasteiger partial charge is 0.261 e. The van der Waals surface area contributed by atoms with E-state index in [4.69, 9.17) is 31.8 Å². The topological polar surface area (TPSA) is 77.2 Å². The molecule has 2 aliphatic rings. The first kappa shape index (κ1) is 22.3. The summed E-state index contributed by atoms with van der Waals surface area (Å²) in [5.74, 6) is 1.48. The Bertz CT molecular complexity index is 1310. The molecule has 3 aromatic carbocycles. The summed E-state index contributed by atoms with van der Waals surface area (Å²) in [4.78, 5) is 19.8. The van der Waals surface area contributed by atoms with Gasteiger partial charge in [-0.2, -0.15) is 0 Å². The average Bonchev–Trinajstić information content (AvgIpc) is 3.02. The molecular weight excluding hydrogens is 450 g/mol. The normalized spacial score (nSPS) is 23.5. The van der Waals surface area contributed by atoms with Crippen molar-refractivity contribution in [3.8, 4) is 22.6 Å². The SMILES string of the molecule is COc1ccc(C[C@]2(C)CC3(N=C(N)N(C)C3=O)c3cc(-c4cccc(Cl)c4)ccc3O2)cc1. The summed E-state index contributed by atoms with van der Waals surface area (Å²) < 4.78 is 11.8. The zero-order valence-electron chi connectivity index (χ0n) is 19.3. The lowest BCUT2D eigenvalue weighted by Crippen LogP contribution is -2.51. The van der Waals surface area contributed by atoms with Gasteiger partial charge in [0, 0.05) is 30.5 Å². The Balaban J connectivity index is 1.60. The molecule has 3 aromatic rings. The van der Waals surface area contributed by atoms with E-state index < -0.39 is 11.1 Å². The van der Waals surface area contributed by atoms with Gasteiger partial charge in [0.25, 0.3) is 5.91 Å². The number of methoxy groups -OCH3 is 1. The second-order valence-electron chi connectivity index (χ2n) is 9.17. The van der Waals surface area contributed by atoms with Crippen LogP contribution in [0, 0.1) is 0 Å². The lowest BCUT2D eigenvalue weighted by Gasteiger charge is -2.43. The lowest BCUT2D eigenvalue weighted by molar-refractivity contribution is -0.133. The van der Waals surface area contributed by atoms with Crippen molar-refractivity contribution in [1.29, 1.82) is 0 Å². The van der Waals surface area contributed by atoms with E-state index >= 15 is 0 Å². The maximum absolute atomic E-state index is 13.6. The second kappa shape index (κ2) is 8.06. The number of carbonyl (C=O) groups excluding carboxylic acids is 1. The minimum atomic E-state index is -1.15. The third kappa shape index (κ3) is 3.68. The van der Waals surface area contributed by atoms with Gasteiger partial charge in [-0.05, 0) is 60.0 Å². The van der Waals surface area contributed by atoms with Crippen molar-refractivity contribution in [3.63, 3.8) is 0 Å². The van der Waals surface area contributed by atoms with Gasteiger partial charge in [0.05, 0.1) is 7.11 Å². The van der Waals surface area contributed by atoms with E-state index in [0.29, 0.717) is 23.6 Å². The summed E-state index contributed by atoms with van der Waals surface area (Å²) in [5, 5.41) is 0.646. The summed E-state index contributed by atoms with van der Waals surface area (Å²) in [6, 6.07) is 21.4. The van der Waals surface area contributed by atoms with Gasteiger partial charge in [-0.1, -0.05) is 41.9 Å². The second-order valence-corrected chi connectivity index (χ2v) is 9.61. The first-order valence-corrected chi connectivity index (χ1v) is 11.5. The van der Waals surface area contributed by atoms with Gasteiger partial charge in [0.1, 0.15) is 17.1 Å². The third-order valence-electron chi connectivity index (χ3n) is 6.61. The van der Waals surface area contributed by atoms with Gasteiger partial charge in [0.15, 0.2) is 11.5 Å². The summed E-state index contributed by atoms with van der Waals surface area (Å²) in [6.07, 6.45) is 0.961. The van der Waals surface area contributed by atoms with Gasteiger partial charge < -0.3 is 15.2 Å². The van der Waals surface area contributed by atoms with E-state index in [1.165, 1.54) is 4.90 Å². The molecule has 0 aromatic heterocycles. The Morgan fingerprint density at radius 2 is 1.85 bits per heavy atom. The number of aliphatic imine (C=N–C) groups is 1. The number of rotatable bonds is 4. The van der Waals surface area contributed by atoms with Crippen LogP contribution in [0.15, 0.2) is 71.7 Å². The average molecular weight is 476 g/mol. The number of nitrogens with zero attached hydrogens (tertiary/aromatic N) is 2. The van der Waals surface area contributed by atoms with Crippen molar-refractivity contribution in [2.24, 2.45) is 10.7 Å². The molecule has 6 nitrogen and oxygen atoms in total. The number of halogens is 1. The molecule has 2 N–H and O–H groups in total.